The highest BCUT2D eigenvalue weighted by Crippen LogP contribution is 2.45. The van der Waals surface area contributed by atoms with Crippen molar-refractivity contribution in [1.29, 1.82) is 0 Å². The van der Waals surface area contributed by atoms with Gasteiger partial charge >= 0.3 is 5.97 Å². The van der Waals surface area contributed by atoms with E-state index in [1.165, 1.54) is 128 Å². The Bertz CT molecular complexity index is 464. The summed E-state index contributed by atoms with van der Waals surface area (Å²) in [5.74, 6) is 1.86. The normalized spacial score (nSPS) is 18.4. The molecule has 3 unspecified atom stereocenters. The van der Waals surface area contributed by atoms with Crippen molar-refractivity contribution in [2.24, 2.45) is 11.8 Å². The lowest BCUT2D eigenvalue weighted by Crippen LogP contribution is -2.27. The summed E-state index contributed by atoms with van der Waals surface area (Å²) >= 11 is 0. The van der Waals surface area contributed by atoms with Crippen LogP contribution < -0.4 is 0 Å². The predicted octanol–water partition coefficient (Wildman–Crippen LogP) is 9.33. The highest BCUT2D eigenvalue weighted by Gasteiger charge is 2.35. The summed E-state index contributed by atoms with van der Waals surface area (Å²) in [5.41, 5.74) is 0. The number of hydrogen-bond acceptors (Lipinski definition) is 3. The number of hydrogen-bond donors (Lipinski definition) is 0. The van der Waals surface area contributed by atoms with Gasteiger partial charge in [-0.15, -0.1) is 0 Å². The van der Waals surface area contributed by atoms with Gasteiger partial charge in [0.1, 0.15) is 0 Å². The van der Waals surface area contributed by atoms with E-state index in [0.717, 1.165) is 24.3 Å². The van der Waals surface area contributed by atoms with E-state index in [1.54, 1.807) is 0 Å². The van der Waals surface area contributed by atoms with E-state index in [-0.39, 0.29) is 5.97 Å². The molecule has 34 heavy (non-hydrogen) atoms. The van der Waals surface area contributed by atoms with Crippen LogP contribution in [0, 0.1) is 11.8 Å². The first-order chi connectivity index (χ1) is 16.6. The van der Waals surface area contributed by atoms with Crippen LogP contribution in [0.5, 0.6) is 0 Å². The van der Waals surface area contributed by atoms with Crippen LogP contribution in [0.25, 0.3) is 0 Å². The Hall–Kier alpha value is -0.570. The number of rotatable bonds is 25. The minimum atomic E-state index is -0.0132. The van der Waals surface area contributed by atoms with E-state index in [1.807, 2.05) is 6.92 Å². The first kappa shape index (κ1) is 31.5. The van der Waals surface area contributed by atoms with E-state index in [9.17, 15) is 4.79 Å². The van der Waals surface area contributed by atoms with Crippen LogP contribution in [-0.4, -0.2) is 37.6 Å². The highest BCUT2D eigenvalue weighted by atomic mass is 16.5. The molecule has 1 rings (SSSR count). The average molecular weight is 480 g/mol. The lowest BCUT2D eigenvalue weighted by Gasteiger charge is -2.24. The van der Waals surface area contributed by atoms with E-state index in [2.05, 4.69) is 25.9 Å². The van der Waals surface area contributed by atoms with Crippen LogP contribution in [0.4, 0.5) is 0 Å². The monoisotopic (exact) mass is 479 g/mol. The van der Waals surface area contributed by atoms with Crippen LogP contribution >= 0.6 is 0 Å². The van der Waals surface area contributed by atoms with Gasteiger partial charge in [-0.05, 0) is 65.0 Å². The van der Waals surface area contributed by atoms with Crippen molar-refractivity contribution in [1.82, 2.24) is 4.90 Å². The number of ether oxygens (including phenoxy) is 1. The summed E-state index contributed by atoms with van der Waals surface area (Å²) in [5, 5.41) is 0. The number of nitrogens with zero attached hydrogens (tertiary/aromatic N) is 1. The molecular formula is C31H61NO2. The van der Waals surface area contributed by atoms with Gasteiger partial charge in [0.15, 0.2) is 0 Å². The second-order valence-electron chi connectivity index (χ2n) is 11.4. The van der Waals surface area contributed by atoms with Crippen molar-refractivity contribution in [2.75, 3.05) is 20.7 Å². The van der Waals surface area contributed by atoms with Gasteiger partial charge < -0.3 is 9.64 Å². The maximum Gasteiger partial charge on any atom is 0.305 e. The fraction of sp³-hybridized carbons (Fsp3) is 0.968. The molecule has 1 aliphatic carbocycles. The van der Waals surface area contributed by atoms with Gasteiger partial charge in [0.25, 0.3) is 0 Å². The molecule has 0 saturated heterocycles. The average Bonchev–Trinajstić information content (AvgIpc) is 3.56. The molecule has 0 aromatic carbocycles. The fourth-order valence-electron chi connectivity index (χ4n) is 5.60. The van der Waals surface area contributed by atoms with Crippen molar-refractivity contribution in [3.8, 4) is 0 Å². The zero-order chi connectivity index (χ0) is 24.9. The van der Waals surface area contributed by atoms with Gasteiger partial charge in [-0.2, -0.15) is 0 Å². The zero-order valence-electron chi connectivity index (χ0n) is 23.8. The van der Waals surface area contributed by atoms with Crippen molar-refractivity contribution in [3.05, 3.63) is 0 Å². The molecule has 1 fully saturated rings. The zero-order valence-corrected chi connectivity index (χ0v) is 23.8. The molecule has 0 aromatic rings. The largest absolute Gasteiger partial charge is 0.466 e. The van der Waals surface area contributed by atoms with Crippen LogP contribution in [0.15, 0.2) is 0 Å². The molecule has 0 spiro atoms. The van der Waals surface area contributed by atoms with Crippen molar-refractivity contribution in [3.63, 3.8) is 0 Å². The Balaban J connectivity index is 1.85. The fourth-order valence-corrected chi connectivity index (χ4v) is 5.60. The second-order valence-corrected chi connectivity index (χ2v) is 11.4. The molecule has 0 N–H and O–H groups in total. The Morgan fingerprint density at radius 2 is 1.18 bits per heavy atom. The minimum absolute atomic E-state index is 0.0132. The molecule has 202 valence electrons. The van der Waals surface area contributed by atoms with Crippen LogP contribution in [-0.2, 0) is 9.53 Å². The molecule has 0 radical (unpaired) electrons. The highest BCUT2D eigenvalue weighted by molar-refractivity contribution is 5.69. The van der Waals surface area contributed by atoms with E-state index < -0.39 is 0 Å². The Kier molecular flexibility index (Phi) is 20.1. The van der Waals surface area contributed by atoms with E-state index in [0.29, 0.717) is 13.0 Å². The van der Waals surface area contributed by atoms with E-state index >= 15 is 0 Å². The molecule has 3 heteroatoms. The third kappa shape index (κ3) is 17.8. The maximum absolute atomic E-state index is 11.4. The first-order valence-corrected chi connectivity index (χ1v) is 15.4. The van der Waals surface area contributed by atoms with Gasteiger partial charge in [-0.3, -0.25) is 4.79 Å². The Morgan fingerprint density at radius 1 is 0.706 bits per heavy atom. The molecule has 0 aliphatic heterocycles. The summed E-state index contributed by atoms with van der Waals surface area (Å²) in [7, 11) is 4.55. The molecule has 1 aliphatic rings. The number of esters is 1. The van der Waals surface area contributed by atoms with Crippen LogP contribution in [0.2, 0.25) is 0 Å². The van der Waals surface area contributed by atoms with Crippen molar-refractivity contribution < 1.29 is 9.53 Å². The summed E-state index contributed by atoms with van der Waals surface area (Å²) in [6, 6.07) is 0.798. The molecule has 0 amide bonds. The summed E-state index contributed by atoms with van der Waals surface area (Å²) in [6.07, 6.45) is 29.9. The predicted molar refractivity (Wildman–Crippen MR) is 148 cm³/mol. The standard InChI is InChI=1S/C31H61NO2/c1-5-7-8-9-12-16-19-24-30(32(3)4)25-20-17-14-11-10-13-15-18-22-28-27-29(28)23-21-26-31(33)34-6-2/h28-30H,5-27H2,1-4H3. The Morgan fingerprint density at radius 3 is 1.68 bits per heavy atom. The van der Waals surface area contributed by atoms with Crippen molar-refractivity contribution in [2.45, 2.75) is 161 Å². The van der Waals surface area contributed by atoms with E-state index in [4.69, 9.17) is 4.74 Å². The van der Waals surface area contributed by atoms with Gasteiger partial charge in [0, 0.05) is 12.5 Å². The first-order valence-electron chi connectivity index (χ1n) is 15.4. The molecule has 0 bridgehead atoms. The second kappa shape index (κ2) is 21.7. The van der Waals surface area contributed by atoms with Crippen LogP contribution in [0.1, 0.15) is 155 Å². The molecule has 3 nitrogen and oxygen atoms in total. The summed E-state index contributed by atoms with van der Waals surface area (Å²) in [4.78, 5) is 13.9. The number of carbonyl (C=O) groups excluding carboxylic acids is 1. The summed E-state index contributed by atoms with van der Waals surface area (Å²) < 4.78 is 5.01. The smallest absolute Gasteiger partial charge is 0.305 e. The minimum Gasteiger partial charge on any atom is -0.466 e. The molecular weight excluding hydrogens is 418 g/mol. The van der Waals surface area contributed by atoms with Gasteiger partial charge in [0.2, 0.25) is 0 Å². The maximum atomic E-state index is 11.4. The number of unbranched alkanes of at least 4 members (excludes halogenated alkanes) is 13. The molecule has 0 aromatic heterocycles. The lowest BCUT2D eigenvalue weighted by atomic mass is 9.99. The van der Waals surface area contributed by atoms with Gasteiger partial charge in [0.05, 0.1) is 6.61 Å². The summed E-state index contributed by atoms with van der Waals surface area (Å²) in [6.45, 7) is 4.70. The topological polar surface area (TPSA) is 29.5 Å². The van der Waals surface area contributed by atoms with Crippen LogP contribution in [0.3, 0.4) is 0 Å². The van der Waals surface area contributed by atoms with Gasteiger partial charge in [-0.25, -0.2) is 0 Å². The molecule has 3 atom stereocenters. The van der Waals surface area contributed by atoms with Crippen molar-refractivity contribution >= 4 is 5.97 Å². The van der Waals surface area contributed by atoms with Gasteiger partial charge in [-0.1, -0.05) is 110 Å². The molecule has 1 saturated carbocycles. The third-order valence-corrected chi connectivity index (χ3v) is 8.06. The quantitative estimate of drug-likeness (QED) is 0.0964. The third-order valence-electron chi connectivity index (χ3n) is 8.06. The molecule has 0 heterocycles. The SMILES string of the molecule is CCCCCCCCCC(CCCCCCCCCCC1CC1CCCC(=O)OCC)N(C)C. The lowest BCUT2D eigenvalue weighted by molar-refractivity contribution is -0.143. The number of carbonyl (C=O) groups is 1. The Labute approximate surface area is 214 Å².